The SMILES string of the molecule is CN(C(=O)c1cnc2[nH]ccc2c1)C1CC(C)(C)C1. The zero-order valence-electron chi connectivity index (χ0n) is 11.6. The maximum atomic E-state index is 12.4. The number of amides is 1. The second-order valence-electron chi connectivity index (χ2n) is 6.28. The van der Waals surface area contributed by atoms with Crippen LogP contribution in [0.4, 0.5) is 0 Å². The number of hydrogen-bond acceptors (Lipinski definition) is 2. The van der Waals surface area contributed by atoms with E-state index in [1.807, 2.05) is 30.3 Å². The molecule has 3 rings (SSSR count). The maximum absolute atomic E-state index is 12.4. The average molecular weight is 257 g/mol. The van der Waals surface area contributed by atoms with Crippen molar-refractivity contribution in [2.45, 2.75) is 32.7 Å². The highest BCUT2D eigenvalue weighted by molar-refractivity contribution is 5.97. The molecule has 0 bridgehead atoms. The van der Waals surface area contributed by atoms with Crippen molar-refractivity contribution in [2.75, 3.05) is 7.05 Å². The lowest BCUT2D eigenvalue weighted by molar-refractivity contribution is 0.0323. The minimum absolute atomic E-state index is 0.0658. The molecular formula is C15H19N3O. The van der Waals surface area contributed by atoms with Gasteiger partial charge in [-0.3, -0.25) is 4.79 Å². The van der Waals surface area contributed by atoms with Crippen LogP contribution in [0.3, 0.4) is 0 Å². The Morgan fingerprint density at radius 3 is 2.89 bits per heavy atom. The Balaban J connectivity index is 1.79. The lowest BCUT2D eigenvalue weighted by Crippen LogP contribution is -2.49. The number of fused-ring (bicyclic) bond motifs is 1. The van der Waals surface area contributed by atoms with Gasteiger partial charge in [0.25, 0.3) is 5.91 Å². The zero-order valence-corrected chi connectivity index (χ0v) is 11.6. The fourth-order valence-electron chi connectivity index (χ4n) is 2.92. The second-order valence-corrected chi connectivity index (χ2v) is 6.28. The molecule has 1 aliphatic carbocycles. The van der Waals surface area contributed by atoms with Gasteiger partial charge in [-0.15, -0.1) is 0 Å². The van der Waals surface area contributed by atoms with Crippen LogP contribution in [0.15, 0.2) is 24.5 Å². The van der Waals surface area contributed by atoms with Crippen molar-refractivity contribution in [3.8, 4) is 0 Å². The van der Waals surface area contributed by atoms with E-state index >= 15 is 0 Å². The van der Waals surface area contributed by atoms with Gasteiger partial charge in [0.1, 0.15) is 5.65 Å². The fourth-order valence-corrected chi connectivity index (χ4v) is 2.92. The quantitative estimate of drug-likeness (QED) is 0.899. The fraction of sp³-hybridized carbons (Fsp3) is 0.467. The van der Waals surface area contributed by atoms with E-state index < -0.39 is 0 Å². The summed E-state index contributed by atoms with van der Waals surface area (Å²) in [7, 11) is 1.89. The molecule has 2 aromatic heterocycles. The van der Waals surface area contributed by atoms with E-state index in [1.165, 1.54) is 0 Å². The highest BCUT2D eigenvalue weighted by Crippen LogP contribution is 2.42. The van der Waals surface area contributed by atoms with E-state index in [-0.39, 0.29) is 5.91 Å². The third-order valence-corrected chi connectivity index (χ3v) is 4.09. The lowest BCUT2D eigenvalue weighted by Gasteiger charge is -2.47. The Morgan fingerprint density at radius 1 is 1.47 bits per heavy atom. The molecule has 4 heteroatoms. The smallest absolute Gasteiger partial charge is 0.255 e. The number of aromatic amines is 1. The number of carbonyl (C=O) groups excluding carboxylic acids is 1. The number of hydrogen-bond donors (Lipinski definition) is 1. The molecule has 1 amide bonds. The largest absolute Gasteiger partial charge is 0.346 e. The maximum Gasteiger partial charge on any atom is 0.255 e. The van der Waals surface area contributed by atoms with Crippen LogP contribution in [0.1, 0.15) is 37.0 Å². The number of rotatable bonds is 2. The summed E-state index contributed by atoms with van der Waals surface area (Å²) in [4.78, 5) is 21.6. The molecule has 0 spiro atoms. The van der Waals surface area contributed by atoms with Crippen molar-refractivity contribution in [2.24, 2.45) is 5.41 Å². The molecule has 0 atom stereocenters. The normalized spacial score (nSPS) is 18.3. The number of H-pyrrole nitrogens is 1. The Labute approximate surface area is 112 Å². The highest BCUT2D eigenvalue weighted by Gasteiger charge is 2.39. The first-order valence-electron chi connectivity index (χ1n) is 6.67. The highest BCUT2D eigenvalue weighted by atomic mass is 16.2. The monoisotopic (exact) mass is 257 g/mol. The Kier molecular flexibility index (Phi) is 2.62. The molecule has 1 fully saturated rings. The van der Waals surface area contributed by atoms with Crippen LogP contribution in [0.2, 0.25) is 0 Å². The van der Waals surface area contributed by atoms with Crippen LogP contribution in [0.25, 0.3) is 11.0 Å². The molecular weight excluding hydrogens is 238 g/mol. The van der Waals surface area contributed by atoms with Gasteiger partial charge in [-0.1, -0.05) is 13.8 Å². The molecule has 0 unspecified atom stereocenters. The van der Waals surface area contributed by atoms with Crippen molar-refractivity contribution in [3.63, 3.8) is 0 Å². The third-order valence-electron chi connectivity index (χ3n) is 4.09. The standard InChI is InChI=1S/C15H19N3O/c1-15(2)7-12(8-15)18(3)14(19)11-6-10-4-5-16-13(10)17-9-11/h4-6,9,12H,7-8H2,1-3H3,(H,16,17). The Morgan fingerprint density at radius 2 is 2.21 bits per heavy atom. The van der Waals surface area contributed by atoms with Gasteiger partial charge in [-0.05, 0) is 30.4 Å². The zero-order chi connectivity index (χ0) is 13.6. The minimum Gasteiger partial charge on any atom is -0.346 e. The first kappa shape index (κ1) is 12.2. The third kappa shape index (κ3) is 2.11. The summed E-state index contributed by atoms with van der Waals surface area (Å²) in [5, 5.41) is 0.980. The topological polar surface area (TPSA) is 49.0 Å². The predicted molar refractivity (Wildman–Crippen MR) is 75.0 cm³/mol. The molecule has 2 heterocycles. The van der Waals surface area contributed by atoms with Gasteiger partial charge in [-0.2, -0.15) is 0 Å². The Hall–Kier alpha value is -1.84. The molecule has 2 aromatic rings. The van der Waals surface area contributed by atoms with E-state index in [1.54, 1.807) is 6.20 Å². The summed E-state index contributed by atoms with van der Waals surface area (Å²) >= 11 is 0. The van der Waals surface area contributed by atoms with Gasteiger partial charge in [0.05, 0.1) is 5.56 Å². The molecule has 0 saturated heterocycles. The van der Waals surface area contributed by atoms with Gasteiger partial charge >= 0.3 is 0 Å². The van der Waals surface area contributed by atoms with Crippen LogP contribution in [0, 0.1) is 5.41 Å². The van der Waals surface area contributed by atoms with Gasteiger partial charge in [0.2, 0.25) is 0 Å². The van der Waals surface area contributed by atoms with Gasteiger partial charge in [0, 0.05) is 30.9 Å². The number of carbonyl (C=O) groups is 1. The summed E-state index contributed by atoms with van der Waals surface area (Å²) in [6, 6.07) is 4.21. The molecule has 1 aliphatic rings. The number of aromatic nitrogens is 2. The van der Waals surface area contributed by atoms with Crippen molar-refractivity contribution < 1.29 is 4.79 Å². The first-order chi connectivity index (χ1) is 8.96. The summed E-state index contributed by atoms with van der Waals surface area (Å²) in [6.07, 6.45) is 5.65. The van der Waals surface area contributed by atoms with Crippen LogP contribution in [-0.4, -0.2) is 33.9 Å². The van der Waals surface area contributed by atoms with Crippen molar-refractivity contribution in [1.82, 2.24) is 14.9 Å². The van der Waals surface area contributed by atoms with Gasteiger partial charge in [-0.25, -0.2) is 4.98 Å². The molecule has 100 valence electrons. The average Bonchev–Trinajstić information content (AvgIpc) is 2.81. The van der Waals surface area contributed by atoms with E-state index in [9.17, 15) is 4.79 Å². The molecule has 1 saturated carbocycles. The Bertz CT molecular complexity index is 621. The molecule has 0 aromatic carbocycles. The van der Waals surface area contributed by atoms with Gasteiger partial charge < -0.3 is 9.88 Å². The van der Waals surface area contributed by atoms with Crippen LogP contribution >= 0.6 is 0 Å². The molecule has 0 radical (unpaired) electrons. The van der Waals surface area contributed by atoms with E-state index in [2.05, 4.69) is 23.8 Å². The molecule has 4 nitrogen and oxygen atoms in total. The first-order valence-corrected chi connectivity index (χ1v) is 6.67. The lowest BCUT2D eigenvalue weighted by atomic mass is 9.68. The van der Waals surface area contributed by atoms with Crippen molar-refractivity contribution >= 4 is 16.9 Å². The van der Waals surface area contributed by atoms with Crippen molar-refractivity contribution in [1.29, 1.82) is 0 Å². The number of nitrogens with zero attached hydrogens (tertiary/aromatic N) is 2. The second kappa shape index (κ2) is 4.08. The van der Waals surface area contributed by atoms with E-state index in [0.29, 0.717) is 17.0 Å². The van der Waals surface area contributed by atoms with E-state index in [0.717, 1.165) is 23.9 Å². The van der Waals surface area contributed by atoms with Crippen molar-refractivity contribution in [3.05, 3.63) is 30.1 Å². The number of pyridine rings is 1. The molecule has 0 aliphatic heterocycles. The van der Waals surface area contributed by atoms with Crippen LogP contribution < -0.4 is 0 Å². The summed E-state index contributed by atoms with van der Waals surface area (Å²) in [5.74, 6) is 0.0658. The molecule has 1 N–H and O–H groups in total. The minimum atomic E-state index is 0.0658. The van der Waals surface area contributed by atoms with Crippen LogP contribution in [0.5, 0.6) is 0 Å². The number of nitrogens with one attached hydrogen (secondary N) is 1. The summed E-state index contributed by atoms with van der Waals surface area (Å²) in [5.41, 5.74) is 1.87. The summed E-state index contributed by atoms with van der Waals surface area (Å²) < 4.78 is 0. The molecule has 19 heavy (non-hydrogen) atoms. The summed E-state index contributed by atoms with van der Waals surface area (Å²) in [6.45, 7) is 4.49. The predicted octanol–water partition coefficient (Wildman–Crippen LogP) is 2.82. The van der Waals surface area contributed by atoms with Gasteiger partial charge in [0.15, 0.2) is 0 Å². The van der Waals surface area contributed by atoms with Crippen LogP contribution in [-0.2, 0) is 0 Å². The van der Waals surface area contributed by atoms with E-state index in [4.69, 9.17) is 0 Å².